The molecule has 2 aromatic rings. The SMILES string of the molecule is CNC(c1cnccc1C)c1cc(F)ccc1Br. The highest BCUT2D eigenvalue weighted by atomic mass is 79.9. The van der Waals surface area contributed by atoms with E-state index in [2.05, 4.69) is 26.2 Å². The number of benzene rings is 1. The quantitative estimate of drug-likeness (QED) is 0.937. The second kappa shape index (κ2) is 5.59. The van der Waals surface area contributed by atoms with Crippen LogP contribution in [0.15, 0.2) is 41.1 Å². The zero-order valence-electron chi connectivity index (χ0n) is 10.2. The molecule has 4 heteroatoms. The highest BCUT2D eigenvalue weighted by molar-refractivity contribution is 9.10. The number of aromatic nitrogens is 1. The van der Waals surface area contributed by atoms with Crippen molar-refractivity contribution in [2.75, 3.05) is 7.05 Å². The van der Waals surface area contributed by atoms with E-state index in [-0.39, 0.29) is 11.9 Å². The van der Waals surface area contributed by atoms with Gasteiger partial charge in [-0.1, -0.05) is 15.9 Å². The van der Waals surface area contributed by atoms with Crippen molar-refractivity contribution in [3.8, 4) is 0 Å². The Morgan fingerprint density at radius 3 is 2.72 bits per heavy atom. The molecule has 94 valence electrons. The van der Waals surface area contributed by atoms with Crippen molar-refractivity contribution in [2.24, 2.45) is 0 Å². The molecule has 0 saturated heterocycles. The molecule has 0 fully saturated rings. The van der Waals surface area contributed by atoms with Crippen molar-refractivity contribution in [3.63, 3.8) is 0 Å². The van der Waals surface area contributed by atoms with Gasteiger partial charge in [-0.3, -0.25) is 4.98 Å². The van der Waals surface area contributed by atoms with Gasteiger partial charge in [0, 0.05) is 16.9 Å². The topological polar surface area (TPSA) is 24.9 Å². The summed E-state index contributed by atoms with van der Waals surface area (Å²) in [5, 5.41) is 3.21. The summed E-state index contributed by atoms with van der Waals surface area (Å²) in [4.78, 5) is 4.14. The normalized spacial score (nSPS) is 12.4. The molecule has 1 heterocycles. The molecule has 1 N–H and O–H groups in total. The van der Waals surface area contributed by atoms with Gasteiger partial charge in [-0.2, -0.15) is 0 Å². The molecule has 0 amide bonds. The van der Waals surface area contributed by atoms with E-state index in [1.54, 1.807) is 12.3 Å². The highest BCUT2D eigenvalue weighted by Crippen LogP contribution is 2.30. The van der Waals surface area contributed by atoms with Crippen LogP contribution in [0.1, 0.15) is 22.7 Å². The lowest BCUT2D eigenvalue weighted by atomic mass is 9.97. The number of nitrogens with one attached hydrogen (secondary N) is 1. The maximum Gasteiger partial charge on any atom is 0.123 e. The summed E-state index contributed by atoms with van der Waals surface area (Å²) in [5.41, 5.74) is 3.04. The molecule has 0 aliphatic rings. The zero-order valence-corrected chi connectivity index (χ0v) is 11.8. The average Bonchev–Trinajstić information content (AvgIpc) is 2.36. The third-order valence-electron chi connectivity index (χ3n) is 2.95. The van der Waals surface area contributed by atoms with Gasteiger partial charge in [0.1, 0.15) is 5.82 Å². The fraction of sp³-hybridized carbons (Fsp3) is 0.214. The molecule has 1 unspecified atom stereocenters. The summed E-state index contributed by atoms with van der Waals surface area (Å²) in [6.07, 6.45) is 3.57. The Hall–Kier alpha value is -1.26. The molecule has 2 rings (SSSR count). The predicted octanol–water partition coefficient (Wildman–Crippen LogP) is 3.60. The van der Waals surface area contributed by atoms with Gasteiger partial charge in [0.2, 0.25) is 0 Å². The van der Waals surface area contributed by atoms with Crippen molar-refractivity contribution in [3.05, 3.63) is 63.6 Å². The fourth-order valence-electron chi connectivity index (χ4n) is 1.99. The van der Waals surface area contributed by atoms with E-state index in [0.29, 0.717) is 0 Å². The lowest BCUT2D eigenvalue weighted by molar-refractivity contribution is 0.614. The van der Waals surface area contributed by atoms with E-state index in [9.17, 15) is 4.39 Å². The van der Waals surface area contributed by atoms with Crippen LogP contribution in [0.5, 0.6) is 0 Å². The van der Waals surface area contributed by atoms with E-state index < -0.39 is 0 Å². The van der Waals surface area contributed by atoms with Crippen molar-refractivity contribution in [1.82, 2.24) is 10.3 Å². The molecular weight excluding hydrogens is 295 g/mol. The van der Waals surface area contributed by atoms with Crippen LogP contribution in [-0.2, 0) is 0 Å². The van der Waals surface area contributed by atoms with E-state index in [1.807, 2.05) is 26.2 Å². The van der Waals surface area contributed by atoms with E-state index >= 15 is 0 Å². The first kappa shape index (κ1) is 13.2. The molecule has 2 nitrogen and oxygen atoms in total. The van der Waals surface area contributed by atoms with E-state index in [4.69, 9.17) is 0 Å². The molecule has 0 radical (unpaired) electrons. The van der Waals surface area contributed by atoms with E-state index in [1.165, 1.54) is 12.1 Å². The Labute approximate surface area is 114 Å². The van der Waals surface area contributed by atoms with Crippen molar-refractivity contribution < 1.29 is 4.39 Å². The van der Waals surface area contributed by atoms with Crippen molar-refractivity contribution in [1.29, 1.82) is 0 Å². The zero-order chi connectivity index (χ0) is 13.1. The maximum absolute atomic E-state index is 13.4. The average molecular weight is 309 g/mol. The third-order valence-corrected chi connectivity index (χ3v) is 3.67. The number of halogens is 2. The van der Waals surface area contributed by atoms with Crippen LogP contribution in [0.4, 0.5) is 4.39 Å². The molecule has 0 saturated carbocycles. The molecule has 1 aromatic carbocycles. The fourth-order valence-corrected chi connectivity index (χ4v) is 2.47. The Morgan fingerprint density at radius 1 is 1.28 bits per heavy atom. The molecule has 1 atom stereocenters. The molecule has 0 aliphatic heterocycles. The number of rotatable bonds is 3. The Balaban J connectivity index is 2.52. The first-order valence-electron chi connectivity index (χ1n) is 5.66. The molecular formula is C14H14BrFN2. The van der Waals surface area contributed by atoms with Gasteiger partial charge < -0.3 is 5.32 Å². The molecule has 0 bridgehead atoms. The predicted molar refractivity (Wildman–Crippen MR) is 74.0 cm³/mol. The minimum absolute atomic E-state index is 0.0798. The van der Waals surface area contributed by atoms with Gasteiger partial charge in [-0.15, -0.1) is 0 Å². The lowest BCUT2D eigenvalue weighted by Crippen LogP contribution is -2.19. The summed E-state index contributed by atoms with van der Waals surface area (Å²) in [7, 11) is 1.86. The van der Waals surface area contributed by atoms with Crippen LogP contribution in [0.3, 0.4) is 0 Å². The summed E-state index contributed by atoms with van der Waals surface area (Å²) in [6, 6.07) is 6.57. The van der Waals surface area contributed by atoms with Crippen LogP contribution in [0, 0.1) is 12.7 Å². The lowest BCUT2D eigenvalue weighted by Gasteiger charge is -2.20. The van der Waals surface area contributed by atoms with Crippen LogP contribution < -0.4 is 5.32 Å². The van der Waals surface area contributed by atoms with Crippen LogP contribution in [0.2, 0.25) is 0 Å². The minimum Gasteiger partial charge on any atom is -0.309 e. The number of pyridine rings is 1. The Bertz CT molecular complexity index is 557. The van der Waals surface area contributed by atoms with Gasteiger partial charge in [-0.25, -0.2) is 4.39 Å². The van der Waals surface area contributed by atoms with Crippen LogP contribution in [0.25, 0.3) is 0 Å². The summed E-state index contributed by atoms with van der Waals surface area (Å²) < 4.78 is 14.3. The van der Waals surface area contributed by atoms with Gasteiger partial charge in [0.15, 0.2) is 0 Å². The monoisotopic (exact) mass is 308 g/mol. The molecule has 18 heavy (non-hydrogen) atoms. The Morgan fingerprint density at radius 2 is 2.06 bits per heavy atom. The van der Waals surface area contributed by atoms with Crippen LogP contribution in [-0.4, -0.2) is 12.0 Å². The Kier molecular flexibility index (Phi) is 4.09. The van der Waals surface area contributed by atoms with Crippen molar-refractivity contribution >= 4 is 15.9 Å². The molecule has 1 aromatic heterocycles. The molecule has 0 spiro atoms. The first-order chi connectivity index (χ1) is 8.63. The highest BCUT2D eigenvalue weighted by Gasteiger charge is 2.17. The van der Waals surface area contributed by atoms with Gasteiger partial charge in [-0.05, 0) is 54.9 Å². The van der Waals surface area contributed by atoms with Gasteiger partial charge >= 0.3 is 0 Å². The van der Waals surface area contributed by atoms with Gasteiger partial charge in [0.25, 0.3) is 0 Å². The number of aryl methyl sites for hydroxylation is 1. The van der Waals surface area contributed by atoms with E-state index in [0.717, 1.165) is 21.2 Å². The summed E-state index contributed by atoms with van der Waals surface area (Å²) in [6.45, 7) is 2.02. The second-order valence-corrected chi connectivity index (χ2v) is 4.97. The van der Waals surface area contributed by atoms with Crippen molar-refractivity contribution in [2.45, 2.75) is 13.0 Å². The summed E-state index contributed by atoms with van der Waals surface area (Å²) in [5.74, 6) is -0.241. The number of hydrogen-bond acceptors (Lipinski definition) is 2. The summed E-state index contributed by atoms with van der Waals surface area (Å²) >= 11 is 3.47. The number of nitrogens with zero attached hydrogens (tertiary/aromatic N) is 1. The third kappa shape index (κ3) is 2.60. The molecule has 0 aliphatic carbocycles. The number of hydrogen-bond donors (Lipinski definition) is 1. The minimum atomic E-state index is -0.241. The van der Waals surface area contributed by atoms with Gasteiger partial charge in [0.05, 0.1) is 6.04 Å². The first-order valence-corrected chi connectivity index (χ1v) is 6.45. The maximum atomic E-state index is 13.4. The second-order valence-electron chi connectivity index (χ2n) is 4.12. The smallest absolute Gasteiger partial charge is 0.123 e. The van der Waals surface area contributed by atoms with Crippen LogP contribution >= 0.6 is 15.9 Å². The standard InChI is InChI=1S/C14H14BrFN2/c1-9-5-6-18-8-12(9)14(17-2)11-7-10(16)3-4-13(11)15/h3-8,14,17H,1-2H3. The largest absolute Gasteiger partial charge is 0.309 e.